The van der Waals surface area contributed by atoms with Crippen LogP contribution in [0.3, 0.4) is 0 Å². The lowest BCUT2D eigenvalue weighted by molar-refractivity contribution is -0.116. The highest BCUT2D eigenvalue weighted by atomic mass is 16.5. The Morgan fingerprint density at radius 2 is 1.54 bits per heavy atom. The molecule has 2 rings (SSSR count). The van der Waals surface area contributed by atoms with Crippen LogP contribution in [0.1, 0.15) is 21.5 Å². The topological polar surface area (TPSA) is 67.9 Å². The molecule has 0 fully saturated rings. The molecule has 138 valence electrons. The molecule has 0 aliphatic rings. The smallest absolute Gasteiger partial charge is 0.254 e. The van der Waals surface area contributed by atoms with Gasteiger partial charge in [-0.3, -0.25) is 9.59 Å². The predicted octanol–water partition coefficient (Wildman–Crippen LogP) is 3.03. The van der Waals surface area contributed by atoms with Crippen molar-refractivity contribution in [3.8, 4) is 11.5 Å². The Balaban J connectivity index is 2.10. The third kappa shape index (κ3) is 4.53. The molecular formula is C20H24N2O4. The van der Waals surface area contributed by atoms with Crippen LogP contribution in [0.5, 0.6) is 11.5 Å². The number of carbonyl (C=O) groups excluding carboxylic acids is 2. The molecule has 0 atom stereocenters. The maximum Gasteiger partial charge on any atom is 0.254 e. The zero-order valence-electron chi connectivity index (χ0n) is 15.8. The van der Waals surface area contributed by atoms with Crippen molar-refractivity contribution in [1.82, 2.24) is 4.90 Å². The largest absolute Gasteiger partial charge is 0.497 e. The van der Waals surface area contributed by atoms with E-state index < -0.39 is 0 Å². The molecule has 0 radical (unpaired) electrons. The number of ether oxygens (including phenoxy) is 2. The van der Waals surface area contributed by atoms with Gasteiger partial charge < -0.3 is 19.7 Å². The lowest BCUT2D eigenvalue weighted by atomic mass is 10.1. The Labute approximate surface area is 153 Å². The SMILES string of the molecule is COc1cc(OC)cc(C(=O)N(C)CC(=O)Nc2c(C)cccc2C)c1. The van der Waals surface area contributed by atoms with E-state index in [2.05, 4.69) is 5.32 Å². The minimum absolute atomic E-state index is 0.0634. The van der Waals surface area contributed by atoms with Crippen LogP contribution in [0.25, 0.3) is 0 Å². The Kier molecular flexibility index (Phi) is 6.22. The highest BCUT2D eigenvalue weighted by Gasteiger charge is 2.18. The van der Waals surface area contributed by atoms with Crippen LogP contribution in [0.15, 0.2) is 36.4 Å². The Hall–Kier alpha value is -3.02. The number of benzene rings is 2. The molecule has 0 aromatic heterocycles. The van der Waals surface area contributed by atoms with Crippen molar-refractivity contribution in [2.75, 3.05) is 33.1 Å². The average molecular weight is 356 g/mol. The van der Waals surface area contributed by atoms with Gasteiger partial charge >= 0.3 is 0 Å². The standard InChI is InChI=1S/C20H24N2O4/c1-13-7-6-8-14(2)19(13)21-18(23)12-22(3)20(24)15-9-16(25-4)11-17(10-15)26-5/h6-11H,12H2,1-5H3,(H,21,23). The summed E-state index contributed by atoms with van der Waals surface area (Å²) in [5, 5.41) is 2.88. The van der Waals surface area contributed by atoms with Crippen molar-refractivity contribution in [2.24, 2.45) is 0 Å². The van der Waals surface area contributed by atoms with Crippen LogP contribution in [-0.4, -0.2) is 44.5 Å². The van der Waals surface area contributed by atoms with E-state index in [1.54, 1.807) is 25.2 Å². The van der Waals surface area contributed by atoms with Crippen molar-refractivity contribution in [3.63, 3.8) is 0 Å². The summed E-state index contributed by atoms with van der Waals surface area (Å²) in [5.41, 5.74) is 3.12. The molecule has 1 N–H and O–H groups in total. The van der Waals surface area contributed by atoms with E-state index in [9.17, 15) is 9.59 Å². The summed E-state index contributed by atoms with van der Waals surface area (Å²) in [7, 11) is 4.62. The molecule has 0 bridgehead atoms. The quantitative estimate of drug-likeness (QED) is 0.864. The third-order valence-corrected chi connectivity index (χ3v) is 4.07. The van der Waals surface area contributed by atoms with E-state index in [1.807, 2.05) is 32.0 Å². The summed E-state index contributed by atoms with van der Waals surface area (Å²) >= 11 is 0. The second-order valence-corrected chi connectivity index (χ2v) is 6.08. The summed E-state index contributed by atoms with van der Waals surface area (Å²) in [5.74, 6) is 0.481. The van der Waals surface area contributed by atoms with Gasteiger partial charge in [-0.15, -0.1) is 0 Å². The van der Waals surface area contributed by atoms with Crippen molar-refractivity contribution in [1.29, 1.82) is 0 Å². The van der Waals surface area contributed by atoms with Gasteiger partial charge in [0.05, 0.1) is 20.8 Å². The molecule has 0 unspecified atom stereocenters. The lowest BCUT2D eigenvalue weighted by Gasteiger charge is -2.19. The fourth-order valence-corrected chi connectivity index (χ4v) is 2.63. The molecule has 26 heavy (non-hydrogen) atoms. The molecule has 2 amide bonds. The molecule has 6 nitrogen and oxygen atoms in total. The first-order valence-corrected chi connectivity index (χ1v) is 8.20. The number of methoxy groups -OCH3 is 2. The molecule has 0 saturated carbocycles. The highest BCUT2D eigenvalue weighted by Crippen LogP contribution is 2.23. The third-order valence-electron chi connectivity index (χ3n) is 4.07. The van der Waals surface area contributed by atoms with E-state index >= 15 is 0 Å². The van der Waals surface area contributed by atoms with Gasteiger partial charge in [0, 0.05) is 24.4 Å². The number of likely N-dealkylation sites (N-methyl/N-ethyl adjacent to an activating group) is 1. The first-order chi connectivity index (χ1) is 12.3. The van der Waals surface area contributed by atoms with Crippen LogP contribution in [0, 0.1) is 13.8 Å². The molecule has 0 aliphatic carbocycles. The van der Waals surface area contributed by atoms with E-state index in [-0.39, 0.29) is 18.4 Å². The number of anilines is 1. The van der Waals surface area contributed by atoms with E-state index in [1.165, 1.54) is 19.1 Å². The summed E-state index contributed by atoms with van der Waals surface area (Å²) in [6.45, 7) is 3.80. The molecular weight excluding hydrogens is 332 g/mol. The summed E-state index contributed by atoms with van der Waals surface area (Å²) in [4.78, 5) is 26.4. The van der Waals surface area contributed by atoms with Crippen LogP contribution in [0.4, 0.5) is 5.69 Å². The van der Waals surface area contributed by atoms with Gasteiger partial charge in [-0.1, -0.05) is 18.2 Å². The number of hydrogen-bond donors (Lipinski definition) is 1. The Morgan fingerprint density at radius 3 is 2.04 bits per heavy atom. The van der Waals surface area contributed by atoms with Crippen molar-refractivity contribution in [2.45, 2.75) is 13.8 Å². The minimum Gasteiger partial charge on any atom is -0.497 e. The zero-order chi connectivity index (χ0) is 19.3. The number of amides is 2. The minimum atomic E-state index is -0.293. The van der Waals surface area contributed by atoms with Gasteiger partial charge in [-0.05, 0) is 37.1 Å². The van der Waals surface area contributed by atoms with Crippen LogP contribution in [0.2, 0.25) is 0 Å². The number of nitrogens with zero attached hydrogens (tertiary/aromatic N) is 1. The molecule has 6 heteroatoms. The second kappa shape index (κ2) is 8.38. The Bertz CT molecular complexity index is 775. The van der Waals surface area contributed by atoms with Crippen LogP contribution >= 0.6 is 0 Å². The molecule has 0 heterocycles. The highest BCUT2D eigenvalue weighted by molar-refractivity contribution is 6.00. The van der Waals surface area contributed by atoms with E-state index in [0.29, 0.717) is 17.1 Å². The van der Waals surface area contributed by atoms with Gasteiger partial charge in [0.15, 0.2) is 0 Å². The molecule has 2 aromatic rings. The normalized spacial score (nSPS) is 10.2. The van der Waals surface area contributed by atoms with Gasteiger partial charge in [0.25, 0.3) is 5.91 Å². The summed E-state index contributed by atoms with van der Waals surface area (Å²) in [6.07, 6.45) is 0. The fraction of sp³-hybridized carbons (Fsp3) is 0.300. The number of para-hydroxylation sites is 1. The van der Waals surface area contributed by atoms with E-state index in [0.717, 1.165) is 16.8 Å². The fourth-order valence-electron chi connectivity index (χ4n) is 2.63. The number of hydrogen-bond acceptors (Lipinski definition) is 4. The van der Waals surface area contributed by atoms with Crippen molar-refractivity contribution in [3.05, 3.63) is 53.1 Å². The predicted molar refractivity (Wildman–Crippen MR) is 101 cm³/mol. The van der Waals surface area contributed by atoms with Gasteiger partial charge in [0.1, 0.15) is 11.5 Å². The molecule has 2 aromatic carbocycles. The van der Waals surface area contributed by atoms with Crippen LogP contribution in [-0.2, 0) is 4.79 Å². The average Bonchev–Trinajstić information content (AvgIpc) is 2.63. The van der Waals surface area contributed by atoms with Crippen molar-refractivity contribution >= 4 is 17.5 Å². The van der Waals surface area contributed by atoms with Crippen LogP contribution < -0.4 is 14.8 Å². The maximum atomic E-state index is 12.6. The zero-order valence-corrected chi connectivity index (χ0v) is 15.8. The number of nitrogens with one attached hydrogen (secondary N) is 1. The molecule has 0 spiro atoms. The number of carbonyl (C=O) groups is 2. The molecule has 0 saturated heterocycles. The van der Waals surface area contributed by atoms with E-state index in [4.69, 9.17) is 9.47 Å². The monoisotopic (exact) mass is 356 g/mol. The summed E-state index contributed by atoms with van der Waals surface area (Å²) < 4.78 is 10.4. The van der Waals surface area contributed by atoms with Gasteiger partial charge in [-0.25, -0.2) is 0 Å². The maximum absolute atomic E-state index is 12.6. The van der Waals surface area contributed by atoms with Gasteiger partial charge in [-0.2, -0.15) is 0 Å². The van der Waals surface area contributed by atoms with Gasteiger partial charge in [0.2, 0.25) is 5.91 Å². The summed E-state index contributed by atoms with van der Waals surface area (Å²) in [6, 6.07) is 10.7. The number of rotatable bonds is 6. The second-order valence-electron chi connectivity index (χ2n) is 6.08. The number of aryl methyl sites for hydroxylation is 2. The lowest BCUT2D eigenvalue weighted by Crippen LogP contribution is -2.35. The first kappa shape index (κ1) is 19.3. The first-order valence-electron chi connectivity index (χ1n) is 8.20. The van der Waals surface area contributed by atoms with Crippen molar-refractivity contribution < 1.29 is 19.1 Å². The Morgan fingerprint density at radius 1 is 1.00 bits per heavy atom. The molecule has 0 aliphatic heterocycles.